The molecule has 0 atom stereocenters. The average Bonchev–Trinajstić information content (AvgIpc) is 2.69. The molecule has 7 heteroatoms. The Morgan fingerprint density at radius 2 is 1.93 bits per heavy atom. The van der Waals surface area contributed by atoms with Crippen LogP contribution in [0.3, 0.4) is 0 Å². The molecule has 1 aliphatic heterocycles. The quantitative estimate of drug-likeness (QED) is 0.663. The van der Waals surface area contributed by atoms with E-state index in [4.69, 9.17) is 9.15 Å². The van der Waals surface area contributed by atoms with Crippen LogP contribution >= 0.6 is 0 Å². The lowest BCUT2D eigenvalue weighted by Crippen LogP contribution is -2.43. The van der Waals surface area contributed by atoms with E-state index >= 15 is 0 Å². The molecule has 0 radical (unpaired) electrons. The van der Waals surface area contributed by atoms with Gasteiger partial charge in [-0.05, 0) is 25.1 Å². The first-order valence-electron chi connectivity index (χ1n) is 8.89. The van der Waals surface area contributed by atoms with Gasteiger partial charge in [0, 0.05) is 37.4 Å². The third-order valence-electron chi connectivity index (χ3n) is 4.66. The van der Waals surface area contributed by atoms with Crippen LogP contribution in [0, 0.1) is 6.92 Å². The standard InChI is InChI=1S/C20H19N3O4/c1-13-6-7-18(22-21-13)26-15-8-10-23(11-9-15)19(24)16-12-14-4-2-3-5-17(14)27-20(16)25/h2-7,12,15H,8-11H2,1H3. The van der Waals surface area contributed by atoms with Gasteiger partial charge in [0.1, 0.15) is 17.3 Å². The van der Waals surface area contributed by atoms with Gasteiger partial charge in [0.05, 0.1) is 5.69 Å². The summed E-state index contributed by atoms with van der Waals surface area (Å²) in [5, 5.41) is 8.72. The Kier molecular flexibility index (Phi) is 4.58. The zero-order chi connectivity index (χ0) is 18.8. The van der Waals surface area contributed by atoms with E-state index in [0.29, 0.717) is 37.4 Å². The fraction of sp³-hybridized carbons (Fsp3) is 0.300. The number of para-hydroxylation sites is 1. The van der Waals surface area contributed by atoms with Gasteiger partial charge < -0.3 is 14.1 Å². The third kappa shape index (κ3) is 3.67. The van der Waals surface area contributed by atoms with Crippen LogP contribution in [0.25, 0.3) is 11.0 Å². The lowest BCUT2D eigenvalue weighted by Gasteiger charge is -2.31. The summed E-state index contributed by atoms with van der Waals surface area (Å²) in [6.07, 6.45) is 1.31. The minimum absolute atomic E-state index is 0.0286. The van der Waals surface area contributed by atoms with Crippen molar-refractivity contribution >= 4 is 16.9 Å². The van der Waals surface area contributed by atoms with Crippen LogP contribution in [0.2, 0.25) is 0 Å². The Morgan fingerprint density at radius 1 is 1.15 bits per heavy atom. The monoisotopic (exact) mass is 365 g/mol. The van der Waals surface area contributed by atoms with Gasteiger partial charge in [-0.25, -0.2) is 4.79 Å². The molecule has 2 aromatic heterocycles. The molecule has 0 unspecified atom stereocenters. The van der Waals surface area contributed by atoms with Gasteiger partial charge in [0.15, 0.2) is 0 Å². The lowest BCUT2D eigenvalue weighted by atomic mass is 10.1. The number of nitrogens with zero attached hydrogens (tertiary/aromatic N) is 3. The minimum Gasteiger partial charge on any atom is -0.473 e. The van der Waals surface area contributed by atoms with Crippen LogP contribution in [0.5, 0.6) is 5.88 Å². The summed E-state index contributed by atoms with van der Waals surface area (Å²) >= 11 is 0. The number of amides is 1. The highest BCUT2D eigenvalue weighted by Crippen LogP contribution is 2.19. The largest absolute Gasteiger partial charge is 0.473 e. The van der Waals surface area contributed by atoms with E-state index in [9.17, 15) is 9.59 Å². The Bertz CT molecular complexity index is 1020. The summed E-state index contributed by atoms with van der Waals surface area (Å²) < 4.78 is 11.1. The molecule has 1 saturated heterocycles. The van der Waals surface area contributed by atoms with Crippen molar-refractivity contribution in [3.8, 4) is 5.88 Å². The second-order valence-corrected chi connectivity index (χ2v) is 6.61. The Balaban J connectivity index is 1.43. The topological polar surface area (TPSA) is 85.5 Å². The highest BCUT2D eigenvalue weighted by atomic mass is 16.5. The summed E-state index contributed by atoms with van der Waals surface area (Å²) in [5.74, 6) is 0.184. The summed E-state index contributed by atoms with van der Waals surface area (Å²) in [5.41, 5.74) is 0.770. The first kappa shape index (κ1) is 17.2. The number of benzene rings is 1. The van der Waals surface area contributed by atoms with Crippen molar-refractivity contribution < 1.29 is 13.9 Å². The van der Waals surface area contributed by atoms with Crippen molar-refractivity contribution in [2.45, 2.75) is 25.9 Å². The minimum atomic E-state index is -0.605. The van der Waals surface area contributed by atoms with Crippen LogP contribution in [0.1, 0.15) is 28.9 Å². The van der Waals surface area contributed by atoms with Crippen molar-refractivity contribution in [2.75, 3.05) is 13.1 Å². The van der Waals surface area contributed by atoms with E-state index in [2.05, 4.69) is 10.2 Å². The molecule has 4 rings (SSSR count). The maximum absolute atomic E-state index is 12.8. The number of carbonyl (C=O) groups is 1. The number of fused-ring (bicyclic) bond motifs is 1. The van der Waals surface area contributed by atoms with Gasteiger partial charge in [-0.15, -0.1) is 5.10 Å². The highest BCUT2D eigenvalue weighted by molar-refractivity contribution is 5.96. The molecule has 1 amide bonds. The van der Waals surface area contributed by atoms with Crippen LogP contribution < -0.4 is 10.4 Å². The fourth-order valence-corrected chi connectivity index (χ4v) is 3.18. The van der Waals surface area contributed by atoms with Crippen molar-refractivity contribution in [1.29, 1.82) is 0 Å². The molecule has 0 aliphatic carbocycles. The van der Waals surface area contributed by atoms with Gasteiger partial charge in [-0.3, -0.25) is 4.79 Å². The van der Waals surface area contributed by atoms with E-state index < -0.39 is 5.63 Å². The second-order valence-electron chi connectivity index (χ2n) is 6.61. The molecule has 0 spiro atoms. The molecule has 138 valence electrons. The number of rotatable bonds is 3. The molecule has 3 aromatic rings. The predicted octanol–water partition coefficient (Wildman–Crippen LogP) is 2.58. The van der Waals surface area contributed by atoms with Crippen LogP contribution in [0.15, 0.2) is 51.7 Å². The van der Waals surface area contributed by atoms with Crippen LogP contribution in [0.4, 0.5) is 0 Å². The number of hydrogen-bond donors (Lipinski definition) is 0. The first-order valence-corrected chi connectivity index (χ1v) is 8.89. The number of piperidine rings is 1. The average molecular weight is 365 g/mol. The molecule has 0 saturated carbocycles. The molecular weight excluding hydrogens is 346 g/mol. The van der Waals surface area contributed by atoms with E-state index in [0.717, 1.165) is 11.1 Å². The molecule has 1 fully saturated rings. The molecule has 3 heterocycles. The Hall–Kier alpha value is -3.22. The zero-order valence-corrected chi connectivity index (χ0v) is 14.9. The number of aromatic nitrogens is 2. The SMILES string of the molecule is Cc1ccc(OC2CCN(C(=O)c3cc4ccccc4oc3=O)CC2)nn1. The van der Waals surface area contributed by atoms with Crippen LogP contribution in [-0.4, -0.2) is 40.2 Å². The maximum atomic E-state index is 12.8. The van der Waals surface area contributed by atoms with Gasteiger partial charge in [-0.1, -0.05) is 18.2 Å². The zero-order valence-electron chi connectivity index (χ0n) is 14.9. The summed E-state index contributed by atoms with van der Waals surface area (Å²) in [7, 11) is 0. The molecule has 27 heavy (non-hydrogen) atoms. The van der Waals surface area contributed by atoms with E-state index in [1.54, 1.807) is 29.2 Å². The van der Waals surface area contributed by atoms with Crippen molar-refractivity contribution in [1.82, 2.24) is 15.1 Å². The number of aryl methyl sites for hydroxylation is 1. The first-order chi connectivity index (χ1) is 13.1. The van der Waals surface area contributed by atoms with E-state index in [-0.39, 0.29) is 17.6 Å². The molecule has 1 aromatic carbocycles. The van der Waals surface area contributed by atoms with Gasteiger partial charge in [0.25, 0.3) is 5.91 Å². The van der Waals surface area contributed by atoms with Crippen molar-refractivity contribution in [3.05, 3.63) is 64.1 Å². The van der Waals surface area contributed by atoms with Gasteiger partial charge >= 0.3 is 5.63 Å². The third-order valence-corrected chi connectivity index (χ3v) is 4.66. The Labute approximate surface area is 155 Å². The number of likely N-dealkylation sites (tertiary alicyclic amines) is 1. The fourth-order valence-electron chi connectivity index (χ4n) is 3.18. The number of ether oxygens (including phenoxy) is 1. The van der Waals surface area contributed by atoms with E-state index in [1.165, 1.54) is 0 Å². The predicted molar refractivity (Wildman–Crippen MR) is 98.8 cm³/mol. The van der Waals surface area contributed by atoms with Crippen molar-refractivity contribution in [2.24, 2.45) is 0 Å². The second kappa shape index (κ2) is 7.19. The summed E-state index contributed by atoms with van der Waals surface area (Å²) in [6, 6.07) is 12.4. The normalized spacial score (nSPS) is 15.1. The molecular formula is C20H19N3O4. The molecule has 1 aliphatic rings. The summed E-state index contributed by atoms with van der Waals surface area (Å²) in [4.78, 5) is 26.6. The highest BCUT2D eigenvalue weighted by Gasteiger charge is 2.27. The van der Waals surface area contributed by atoms with Gasteiger partial charge in [-0.2, -0.15) is 5.10 Å². The van der Waals surface area contributed by atoms with Gasteiger partial charge in [0.2, 0.25) is 5.88 Å². The maximum Gasteiger partial charge on any atom is 0.349 e. The molecule has 0 bridgehead atoms. The number of hydrogen-bond acceptors (Lipinski definition) is 6. The summed E-state index contributed by atoms with van der Waals surface area (Å²) in [6.45, 7) is 2.88. The van der Waals surface area contributed by atoms with E-state index in [1.807, 2.05) is 25.1 Å². The molecule has 0 N–H and O–H groups in total. The Morgan fingerprint density at radius 3 is 2.67 bits per heavy atom. The lowest BCUT2D eigenvalue weighted by molar-refractivity contribution is 0.0582. The molecule has 7 nitrogen and oxygen atoms in total. The number of carbonyl (C=O) groups excluding carboxylic acids is 1. The van der Waals surface area contributed by atoms with Crippen LogP contribution in [-0.2, 0) is 0 Å². The smallest absolute Gasteiger partial charge is 0.349 e. The van der Waals surface area contributed by atoms with Crippen molar-refractivity contribution in [3.63, 3.8) is 0 Å².